The molecule has 0 radical (unpaired) electrons. The van der Waals surface area contributed by atoms with Gasteiger partial charge in [-0.2, -0.15) is 0 Å². The Labute approximate surface area is 208 Å². The molecule has 2 heterocycles. The molecule has 0 aliphatic carbocycles. The van der Waals surface area contributed by atoms with E-state index in [1.165, 1.54) is 14.2 Å². The molecule has 0 spiro atoms. The third kappa shape index (κ3) is 4.38. The fraction of sp³-hybridized carbons (Fsp3) is 0.417. The number of carbonyl (C=O) groups excluding carboxylic acids is 3. The number of hydrogen-bond acceptors (Lipinski definition) is 8. The van der Waals surface area contributed by atoms with Gasteiger partial charge in [0, 0.05) is 17.1 Å². The van der Waals surface area contributed by atoms with Crippen molar-refractivity contribution in [3.05, 3.63) is 43.4 Å². The maximum Gasteiger partial charge on any atom is 0.346 e. The maximum atomic E-state index is 13.4. The molecule has 3 rings (SSSR count). The normalized spacial score (nSPS) is 18.3. The van der Waals surface area contributed by atoms with Crippen LogP contribution in [0.25, 0.3) is 5.57 Å². The summed E-state index contributed by atoms with van der Waals surface area (Å²) in [7, 11) is 2.54. The second-order valence-electron chi connectivity index (χ2n) is 8.40. The summed E-state index contributed by atoms with van der Waals surface area (Å²) in [6.45, 7) is 9.74. The first-order valence-electron chi connectivity index (χ1n) is 10.5. The first kappa shape index (κ1) is 25.5. The maximum absolute atomic E-state index is 13.4. The third-order valence-electron chi connectivity index (χ3n) is 5.80. The molecule has 2 aliphatic heterocycles. The van der Waals surface area contributed by atoms with E-state index in [0.717, 1.165) is 45.9 Å². The lowest BCUT2D eigenvalue weighted by Crippen LogP contribution is -2.57. The van der Waals surface area contributed by atoms with E-state index in [4.69, 9.17) is 21.7 Å². The summed E-state index contributed by atoms with van der Waals surface area (Å²) in [5.41, 5.74) is 2.53. The van der Waals surface area contributed by atoms with Crippen LogP contribution in [0.15, 0.2) is 32.2 Å². The molecule has 1 atom stereocenters. The summed E-state index contributed by atoms with van der Waals surface area (Å²) in [5, 5.41) is 0. The number of ether oxygens (including phenoxy) is 2. The van der Waals surface area contributed by atoms with E-state index in [9.17, 15) is 14.4 Å². The van der Waals surface area contributed by atoms with Crippen molar-refractivity contribution in [1.82, 2.24) is 0 Å². The summed E-state index contributed by atoms with van der Waals surface area (Å²) in [4.78, 5) is 40.9. The topological polar surface area (TPSA) is 72.9 Å². The van der Waals surface area contributed by atoms with Gasteiger partial charge in [-0.05, 0) is 39.3 Å². The van der Waals surface area contributed by atoms with Crippen LogP contribution in [-0.2, 0) is 23.9 Å². The second kappa shape index (κ2) is 9.64. The standard InChI is InChI=1S/C24H27NO5S3/c1-8-13(3)20(26)25-15-10-9-12(2)11-14(15)16(19(31)24(25,4)5)23-32-17(21(27)29-6)18(33-23)22(28)30-7/h9-11,13H,8H2,1-7H3/t13-/m0/s1. The molecule has 0 fully saturated rings. The number of anilines is 1. The molecule has 2 aliphatic rings. The Morgan fingerprint density at radius 3 is 2.12 bits per heavy atom. The molecule has 0 N–H and O–H groups in total. The largest absolute Gasteiger partial charge is 0.465 e. The van der Waals surface area contributed by atoms with Crippen molar-refractivity contribution in [2.45, 2.75) is 46.6 Å². The number of benzene rings is 1. The number of nitrogens with zero attached hydrogens (tertiary/aromatic N) is 1. The van der Waals surface area contributed by atoms with Crippen molar-refractivity contribution >= 4 is 69.7 Å². The number of amides is 1. The van der Waals surface area contributed by atoms with Crippen LogP contribution in [0, 0.1) is 12.8 Å². The number of methoxy groups -OCH3 is 2. The lowest BCUT2D eigenvalue weighted by molar-refractivity contribution is -0.138. The lowest BCUT2D eigenvalue weighted by Gasteiger charge is -2.46. The van der Waals surface area contributed by atoms with Crippen LogP contribution >= 0.6 is 35.7 Å². The molecule has 0 saturated carbocycles. The SMILES string of the molecule is CC[C@H](C)C(=O)N1c2ccc(C)cc2C(=C2SC(C(=O)OC)=C(C(=O)OC)S2)C(=S)C1(C)C. The Morgan fingerprint density at radius 1 is 1.09 bits per heavy atom. The van der Waals surface area contributed by atoms with Crippen LogP contribution in [0.3, 0.4) is 0 Å². The minimum absolute atomic E-state index is 0.00866. The zero-order valence-electron chi connectivity index (χ0n) is 19.7. The number of aryl methyl sites for hydroxylation is 1. The van der Waals surface area contributed by atoms with E-state index in [1.807, 2.05) is 52.8 Å². The first-order chi connectivity index (χ1) is 15.5. The lowest BCUT2D eigenvalue weighted by atomic mass is 9.82. The molecule has 1 aromatic carbocycles. The zero-order valence-corrected chi connectivity index (χ0v) is 22.2. The van der Waals surface area contributed by atoms with Crippen molar-refractivity contribution in [2.75, 3.05) is 19.1 Å². The fourth-order valence-electron chi connectivity index (χ4n) is 3.72. The molecule has 1 aromatic rings. The Balaban J connectivity index is 2.25. The first-order valence-corrected chi connectivity index (χ1v) is 12.5. The van der Waals surface area contributed by atoms with Crippen LogP contribution < -0.4 is 4.90 Å². The van der Waals surface area contributed by atoms with E-state index in [2.05, 4.69) is 0 Å². The van der Waals surface area contributed by atoms with Gasteiger partial charge in [0.25, 0.3) is 0 Å². The summed E-state index contributed by atoms with van der Waals surface area (Å²) in [6, 6.07) is 5.90. The predicted molar refractivity (Wildman–Crippen MR) is 138 cm³/mol. The highest BCUT2D eigenvalue weighted by Gasteiger charge is 2.46. The molecule has 0 aromatic heterocycles. The van der Waals surface area contributed by atoms with E-state index >= 15 is 0 Å². The van der Waals surface area contributed by atoms with Gasteiger partial charge >= 0.3 is 11.9 Å². The number of rotatable bonds is 4. The highest BCUT2D eigenvalue weighted by Crippen LogP contribution is 2.56. The quantitative estimate of drug-likeness (QED) is 0.312. The smallest absolute Gasteiger partial charge is 0.346 e. The van der Waals surface area contributed by atoms with Gasteiger partial charge < -0.3 is 14.4 Å². The molecule has 1 amide bonds. The van der Waals surface area contributed by atoms with E-state index in [0.29, 0.717) is 15.5 Å². The molecule has 0 saturated heterocycles. The minimum Gasteiger partial charge on any atom is -0.465 e. The van der Waals surface area contributed by atoms with Gasteiger partial charge in [0.05, 0.1) is 34.5 Å². The van der Waals surface area contributed by atoms with E-state index < -0.39 is 17.5 Å². The summed E-state index contributed by atoms with van der Waals surface area (Å²) in [5.74, 6) is -1.37. The number of thiocarbonyl (C=S) groups is 1. The van der Waals surface area contributed by atoms with Crippen molar-refractivity contribution in [2.24, 2.45) is 5.92 Å². The third-order valence-corrected chi connectivity index (χ3v) is 9.06. The van der Waals surface area contributed by atoms with Crippen LogP contribution in [0.1, 0.15) is 45.2 Å². The van der Waals surface area contributed by atoms with Crippen LogP contribution in [0.5, 0.6) is 0 Å². The molecule has 0 bridgehead atoms. The van der Waals surface area contributed by atoms with Gasteiger partial charge in [-0.15, -0.1) is 0 Å². The van der Waals surface area contributed by atoms with Gasteiger partial charge in [-0.3, -0.25) is 4.79 Å². The van der Waals surface area contributed by atoms with Crippen LogP contribution in [0.2, 0.25) is 0 Å². The molecular weight excluding hydrogens is 478 g/mol. The van der Waals surface area contributed by atoms with Gasteiger partial charge in [0.15, 0.2) is 0 Å². The molecule has 176 valence electrons. The van der Waals surface area contributed by atoms with Crippen LogP contribution in [0.4, 0.5) is 5.69 Å². The number of carbonyl (C=O) groups is 3. The molecule has 6 nitrogen and oxygen atoms in total. The Morgan fingerprint density at radius 2 is 1.64 bits per heavy atom. The fourth-order valence-corrected chi connectivity index (χ4v) is 6.76. The van der Waals surface area contributed by atoms with E-state index in [1.54, 1.807) is 4.90 Å². The highest BCUT2D eigenvalue weighted by atomic mass is 32.2. The molecule has 0 unspecified atom stereocenters. The van der Waals surface area contributed by atoms with Crippen molar-refractivity contribution in [3.8, 4) is 0 Å². The number of thioether (sulfide) groups is 2. The van der Waals surface area contributed by atoms with Gasteiger partial charge in [0.2, 0.25) is 5.91 Å². The number of esters is 2. The Kier molecular flexibility index (Phi) is 7.45. The van der Waals surface area contributed by atoms with E-state index in [-0.39, 0.29) is 21.6 Å². The van der Waals surface area contributed by atoms with Crippen LogP contribution in [-0.4, -0.2) is 42.5 Å². The second-order valence-corrected chi connectivity index (χ2v) is 11.1. The van der Waals surface area contributed by atoms with Gasteiger partial charge in [-0.1, -0.05) is 61.2 Å². The summed E-state index contributed by atoms with van der Waals surface area (Å²) >= 11 is 8.28. The molecule has 33 heavy (non-hydrogen) atoms. The molecular formula is C24H27NO5S3. The van der Waals surface area contributed by atoms with Gasteiger partial charge in [0.1, 0.15) is 9.81 Å². The Bertz CT molecular complexity index is 1090. The average molecular weight is 506 g/mol. The number of fused-ring (bicyclic) bond motifs is 1. The minimum atomic E-state index is -0.791. The number of hydrogen-bond donors (Lipinski definition) is 0. The summed E-state index contributed by atoms with van der Waals surface area (Å²) in [6.07, 6.45) is 0.716. The Hall–Kier alpha value is -2.10. The highest BCUT2D eigenvalue weighted by molar-refractivity contribution is 8.29. The predicted octanol–water partition coefficient (Wildman–Crippen LogP) is 5.24. The summed E-state index contributed by atoms with van der Waals surface area (Å²) < 4.78 is 10.5. The van der Waals surface area contributed by atoms with Gasteiger partial charge in [-0.25, -0.2) is 9.59 Å². The van der Waals surface area contributed by atoms with Crippen molar-refractivity contribution in [1.29, 1.82) is 0 Å². The monoisotopic (exact) mass is 505 g/mol. The van der Waals surface area contributed by atoms with Crippen molar-refractivity contribution < 1.29 is 23.9 Å². The van der Waals surface area contributed by atoms with Crippen molar-refractivity contribution in [3.63, 3.8) is 0 Å². The average Bonchev–Trinajstić information content (AvgIpc) is 3.23. The molecule has 9 heteroatoms. The zero-order chi connectivity index (χ0) is 24.7.